The van der Waals surface area contributed by atoms with Gasteiger partial charge in [-0.3, -0.25) is 0 Å². The number of benzene rings is 2. The van der Waals surface area contributed by atoms with Crippen LogP contribution in [0.25, 0.3) is 11.1 Å². The Morgan fingerprint density at radius 1 is 1.00 bits per heavy atom. The first-order valence-electron chi connectivity index (χ1n) is 8.77. The Morgan fingerprint density at radius 3 is 2.54 bits per heavy atom. The van der Waals surface area contributed by atoms with Gasteiger partial charge in [0, 0.05) is 17.2 Å². The van der Waals surface area contributed by atoms with Gasteiger partial charge in [0.15, 0.2) is 23.0 Å². The molecule has 2 aromatic carbocycles. The van der Waals surface area contributed by atoms with E-state index >= 15 is 0 Å². The molecule has 1 N–H and O–H groups in total. The molecule has 0 bridgehead atoms. The Morgan fingerprint density at radius 2 is 1.77 bits per heavy atom. The third-order valence-corrected chi connectivity index (χ3v) is 5.54. The van der Waals surface area contributed by atoms with Gasteiger partial charge in [-0.05, 0) is 48.2 Å². The third-order valence-electron chi connectivity index (χ3n) is 5.54. The molecule has 0 saturated carbocycles. The summed E-state index contributed by atoms with van der Waals surface area (Å²) in [6.07, 6.45) is 1.79. The van der Waals surface area contributed by atoms with E-state index in [2.05, 4.69) is 11.4 Å². The van der Waals surface area contributed by atoms with Crippen LogP contribution in [0, 0.1) is 0 Å². The fraction of sp³-hybridized carbons (Fsp3) is 0.400. The summed E-state index contributed by atoms with van der Waals surface area (Å²) in [5, 5.41) is 3.64. The van der Waals surface area contributed by atoms with Crippen molar-refractivity contribution in [2.24, 2.45) is 0 Å². The van der Waals surface area contributed by atoms with Crippen LogP contribution < -0.4 is 29.0 Å². The van der Waals surface area contributed by atoms with E-state index in [9.17, 15) is 0 Å². The lowest BCUT2D eigenvalue weighted by Crippen LogP contribution is -2.34. The van der Waals surface area contributed by atoms with Crippen LogP contribution in [0.1, 0.15) is 22.7 Å². The predicted molar refractivity (Wildman–Crippen MR) is 95.8 cm³/mol. The predicted octanol–water partition coefficient (Wildman–Crippen LogP) is 2.85. The second-order valence-electron chi connectivity index (χ2n) is 6.69. The van der Waals surface area contributed by atoms with E-state index in [4.69, 9.17) is 23.7 Å². The maximum Gasteiger partial charge on any atom is 0.231 e. The van der Waals surface area contributed by atoms with Crippen molar-refractivity contribution in [2.45, 2.75) is 18.9 Å². The van der Waals surface area contributed by atoms with Crippen molar-refractivity contribution < 1.29 is 23.7 Å². The number of methoxy groups -OCH3 is 3. The topological polar surface area (TPSA) is 58.2 Å². The normalized spacial score (nSPS) is 18.8. The maximum absolute atomic E-state index is 5.90. The van der Waals surface area contributed by atoms with Gasteiger partial charge in [0.25, 0.3) is 0 Å². The molecule has 5 rings (SSSR count). The lowest BCUT2D eigenvalue weighted by Gasteiger charge is -2.36. The monoisotopic (exact) mass is 355 g/mol. The van der Waals surface area contributed by atoms with Crippen LogP contribution in [-0.2, 0) is 12.8 Å². The van der Waals surface area contributed by atoms with Crippen LogP contribution in [0.4, 0.5) is 0 Å². The van der Waals surface area contributed by atoms with E-state index in [1.165, 1.54) is 16.7 Å². The molecule has 0 fully saturated rings. The first-order valence-corrected chi connectivity index (χ1v) is 8.77. The highest BCUT2D eigenvalue weighted by atomic mass is 16.7. The number of hydrogen-bond donors (Lipinski definition) is 1. The second kappa shape index (κ2) is 5.71. The van der Waals surface area contributed by atoms with E-state index in [0.29, 0.717) is 11.5 Å². The molecule has 0 spiro atoms. The Balaban J connectivity index is 1.85. The first kappa shape index (κ1) is 15.6. The SMILES string of the molecule is COc1cc2c(cc1OC)-c1c3c(c(OC)c4c1C(C2)NCC4)OCO3. The number of rotatable bonds is 3. The van der Waals surface area contributed by atoms with Crippen LogP contribution in [0.3, 0.4) is 0 Å². The number of fused-ring (bicyclic) bond motifs is 4. The van der Waals surface area contributed by atoms with Gasteiger partial charge in [-0.25, -0.2) is 0 Å². The first-order chi connectivity index (χ1) is 12.8. The largest absolute Gasteiger partial charge is 0.493 e. The lowest BCUT2D eigenvalue weighted by molar-refractivity contribution is 0.171. The minimum atomic E-state index is 0.211. The molecule has 2 aromatic rings. The fourth-order valence-electron chi connectivity index (χ4n) is 4.47. The van der Waals surface area contributed by atoms with Crippen molar-refractivity contribution >= 4 is 0 Å². The van der Waals surface area contributed by atoms with Gasteiger partial charge in [-0.15, -0.1) is 0 Å². The van der Waals surface area contributed by atoms with Crippen LogP contribution in [0.2, 0.25) is 0 Å². The Bertz CT molecular complexity index is 908. The molecule has 26 heavy (non-hydrogen) atoms. The summed E-state index contributed by atoms with van der Waals surface area (Å²) in [7, 11) is 5.02. The van der Waals surface area contributed by atoms with Gasteiger partial charge in [-0.1, -0.05) is 0 Å². The lowest BCUT2D eigenvalue weighted by atomic mass is 9.76. The Labute approximate surface area is 152 Å². The number of ether oxygens (including phenoxy) is 5. The summed E-state index contributed by atoms with van der Waals surface area (Å²) in [5.41, 5.74) is 5.90. The van der Waals surface area contributed by atoms with Crippen molar-refractivity contribution in [1.82, 2.24) is 5.32 Å². The van der Waals surface area contributed by atoms with Gasteiger partial charge >= 0.3 is 0 Å². The summed E-state index contributed by atoms with van der Waals surface area (Å²) in [4.78, 5) is 0. The average molecular weight is 355 g/mol. The summed E-state index contributed by atoms with van der Waals surface area (Å²) in [6.45, 7) is 1.12. The molecule has 1 aliphatic carbocycles. The maximum atomic E-state index is 5.90. The standard InChI is InChI=1S/C20H21NO5/c1-22-14-7-10-6-13-16-11(4-5-21-13)18(24-3)20-19(25-9-26-20)17(16)12(10)8-15(14)23-2/h7-8,13,21H,4-6,9H2,1-3H3. The second-order valence-corrected chi connectivity index (χ2v) is 6.69. The van der Waals surface area contributed by atoms with E-state index in [1.807, 2.05) is 6.07 Å². The van der Waals surface area contributed by atoms with E-state index in [-0.39, 0.29) is 12.8 Å². The summed E-state index contributed by atoms with van der Waals surface area (Å²) >= 11 is 0. The quantitative estimate of drug-likeness (QED) is 0.914. The van der Waals surface area contributed by atoms with Gasteiger partial charge in [-0.2, -0.15) is 0 Å². The van der Waals surface area contributed by atoms with Gasteiger partial charge in [0.05, 0.1) is 21.3 Å². The molecule has 0 amide bonds. The van der Waals surface area contributed by atoms with Gasteiger partial charge in [0.1, 0.15) is 0 Å². The highest BCUT2D eigenvalue weighted by Gasteiger charge is 2.39. The third kappa shape index (κ3) is 1.96. The van der Waals surface area contributed by atoms with Crippen LogP contribution >= 0.6 is 0 Å². The molecule has 0 radical (unpaired) electrons. The zero-order chi connectivity index (χ0) is 17.8. The molecule has 136 valence electrons. The molecule has 1 unspecified atom stereocenters. The zero-order valence-electron chi connectivity index (χ0n) is 15.1. The van der Waals surface area contributed by atoms with Crippen molar-refractivity contribution in [3.05, 3.63) is 28.8 Å². The molecule has 1 atom stereocenters. The molecule has 6 heteroatoms. The number of hydrogen-bond acceptors (Lipinski definition) is 6. The summed E-state index contributed by atoms with van der Waals surface area (Å²) < 4.78 is 28.4. The molecule has 2 heterocycles. The van der Waals surface area contributed by atoms with E-state index in [1.54, 1.807) is 21.3 Å². The van der Waals surface area contributed by atoms with E-state index in [0.717, 1.165) is 47.8 Å². The molecule has 0 saturated heterocycles. The van der Waals surface area contributed by atoms with Crippen molar-refractivity contribution in [3.63, 3.8) is 0 Å². The molecule has 6 nitrogen and oxygen atoms in total. The zero-order valence-corrected chi connectivity index (χ0v) is 15.1. The van der Waals surface area contributed by atoms with Crippen LogP contribution in [0.15, 0.2) is 12.1 Å². The Kier molecular flexibility index (Phi) is 3.43. The minimum absolute atomic E-state index is 0.211. The summed E-state index contributed by atoms with van der Waals surface area (Å²) in [6, 6.07) is 4.34. The molecule has 2 aliphatic heterocycles. The fourth-order valence-corrected chi connectivity index (χ4v) is 4.47. The van der Waals surface area contributed by atoms with Crippen LogP contribution in [-0.4, -0.2) is 34.7 Å². The van der Waals surface area contributed by atoms with Crippen molar-refractivity contribution in [3.8, 4) is 39.9 Å². The molecule has 0 aromatic heterocycles. The smallest absolute Gasteiger partial charge is 0.231 e. The highest BCUT2D eigenvalue weighted by Crippen LogP contribution is 2.57. The number of nitrogens with one attached hydrogen (secondary N) is 1. The van der Waals surface area contributed by atoms with Gasteiger partial charge in [0.2, 0.25) is 12.5 Å². The van der Waals surface area contributed by atoms with E-state index < -0.39 is 0 Å². The molecular formula is C20H21NO5. The van der Waals surface area contributed by atoms with Crippen molar-refractivity contribution in [1.29, 1.82) is 0 Å². The molecule has 3 aliphatic rings. The molecular weight excluding hydrogens is 334 g/mol. The minimum Gasteiger partial charge on any atom is -0.493 e. The van der Waals surface area contributed by atoms with Crippen LogP contribution in [0.5, 0.6) is 28.7 Å². The summed E-state index contributed by atoms with van der Waals surface area (Å²) in [5.74, 6) is 3.75. The average Bonchev–Trinajstić information content (AvgIpc) is 3.16. The Hall–Kier alpha value is -2.60. The highest BCUT2D eigenvalue weighted by molar-refractivity contribution is 5.87. The van der Waals surface area contributed by atoms with Crippen molar-refractivity contribution in [2.75, 3.05) is 34.7 Å². The van der Waals surface area contributed by atoms with Gasteiger partial charge < -0.3 is 29.0 Å².